The average molecular weight is 241 g/mol. The molecule has 0 amide bonds. The molecular weight excluding hydrogens is 224 g/mol. The summed E-state index contributed by atoms with van der Waals surface area (Å²) in [6, 6.07) is 3.87. The maximum absolute atomic E-state index is 5.76. The molecule has 1 aromatic rings. The molecule has 0 N–H and O–H groups in total. The van der Waals surface area contributed by atoms with Crippen LogP contribution in [0.5, 0.6) is 0 Å². The van der Waals surface area contributed by atoms with Crippen LogP contribution in [0.4, 0.5) is 0 Å². The van der Waals surface area contributed by atoms with Crippen molar-refractivity contribution in [2.75, 3.05) is 13.1 Å². The van der Waals surface area contributed by atoms with Crippen LogP contribution in [-0.2, 0) is 11.3 Å². The third kappa shape index (κ3) is 3.17. The Kier molecular flexibility index (Phi) is 3.79. The molecule has 0 saturated carbocycles. The zero-order valence-corrected chi connectivity index (χ0v) is 10.4. The van der Waals surface area contributed by atoms with Crippen molar-refractivity contribution in [2.45, 2.75) is 32.6 Å². The van der Waals surface area contributed by atoms with Gasteiger partial charge in [0.05, 0.1) is 12.2 Å². The van der Waals surface area contributed by atoms with Crippen LogP contribution in [0.15, 0.2) is 18.3 Å². The first-order chi connectivity index (χ1) is 7.63. The molecule has 1 aromatic heterocycles. The molecule has 4 heteroatoms. The van der Waals surface area contributed by atoms with Gasteiger partial charge in [0, 0.05) is 25.8 Å². The van der Waals surface area contributed by atoms with Gasteiger partial charge in [0.1, 0.15) is 5.15 Å². The Morgan fingerprint density at radius 2 is 2.06 bits per heavy atom. The van der Waals surface area contributed by atoms with Gasteiger partial charge < -0.3 is 4.74 Å². The predicted molar refractivity (Wildman–Crippen MR) is 64.5 cm³/mol. The summed E-state index contributed by atoms with van der Waals surface area (Å²) in [4.78, 5) is 6.48. The number of aromatic nitrogens is 1. The topological polar surface area (TPSA) is 25.4 Å². The van der Waals surface area contributed by atoms with E-state index in [9.17, 15) is 0 Å². The highest BCUT2D eigenvalue weighted by Crippen LogP contribution is 2.14. The minimum absolute atomic E-state index is 0.309. The molecule has 0 aliphatic carbocycles. The Morgan fingerprint density at radius 1 is 1.38 bits per heavy atom. The molecule has 3 nitrogen and oxygen atoms in total. The normalized spacial score (nSPS) is 26.9. The zero-order chi connectivity index (χ0) is 11.5. The second kappa shape index (κ2) is 5.13. The van der Waals surface area contributed by atoms with Gasteiger partial charge in [0.15, 0.2) is 0 Å². The van der Waals surface area contributed by atoms with Crippen molar-refractivity contribution < 1.29 is 4.74 Å². The van der Waals surface area contributed by atoms with Gasteiger partial charge in [-0.25, -0.2) is 4.98 Å². The maximum atomic E-state index is 5.76. The van der Waals surface area contributed by atoms with Gasteiger partial charge in [-0.1, -0.05) is 17.7 Å². The van der Waals surface area contributed by atoms with Crippen LogP contribution in [-0.4, -0.2) is 35.2 Å². The molecule has 2 heterocycles. The lowest BCUT2D eigenvalue weighted by Gasteiger charge is -2.35. The van der Waals surface area contributed by atoms with Crippen molar-refractivity contribution in [3.05, 3.63) is 29.0 Å². The quantitative estimate of drug-likeness (QED) is 0.742. The van der Waals surface area contributed by atoms with E-state index >= 15 is 0 Å². The second-order valence-electron chi connectivity index (χ2n) is 4.44. The molecule has 2 rings (SSSR count). The predicted octanol–water partition coefficient (Wildman–Crippen LogP) is 2.34. The largest absolute Gasteiger partial charge is 0.373 e. The number of halogens is 1. The zero-order valence-electron chi connectivity index (χ0n) is 9.69. The Bertz CT molecular complexity index is 331. The van der Waals surface area contributed by atoms with Gasteiger partial charge >= 0.3 is 0 Å². The molecule has 1 aliphatic rings. The molecule has 0 bridgehead atoms. The van der Waals surface area contributed by atoms with E-state index in [0.29, 0.717) is 17.4 Å². The first-order valence-corrected chi connectivity index (χ1v) is 5.99. The summed E-state index contributed by atoms with van der Waals surface area (Å²) in [5, 5.41) is 0.549. The molecule has 0 radical (unpaired) electrons. The van der Waals surface area contributed by atoms with E-state index in [4.69, 9.17) is 16.3 Å². The van der Waals surface area contributed by atoms with Gasteiger partial charge in [-0.2, -0.15) is 0 Å². The molecule has 1 fully saturated rings. The standard InChI is InChI=1S/C12H17ClN2O/c1-9-6-15(7-10(2)16-9)8-11-3-4-12(13)14-5-11/h3-5,9-10H,6-8H2,1-2H3/t9-,10+. The summed E-state index contributed by atoms with van der Waals surface area (Å²) in [7, 11) is 0. The third-order valence-corrected chi connectivity index (χ3v) is 2.91. The minimum Gasteiger partial charge on any atom is -0.373 e. The van der Waals surface area contributed by atoms with Crippen LogP contribution >= 0.6 is 11.6 Å². The summed E-state index contributed by atoms with van der Waals surface area (Å²) < 4.78 is 5.69. The summed E-state index contributed by atoms with van der Waals surface area (Å²) in [6.07, 6.45) is 2.46. The van der Waals surface area contributed by atoms with Crippen LogP contribution in [0, 0.1) is 0 Å². The number of morpholine rings is 1. The summed E-state index contributed by atoms with van der Waals surface area (Å²) in [5.41, 5.74) is 1.20. The highest BCUT2D eigenvalue weighted by atomic mass is 35.5. The lowest BCUT2D eigenvalue weighted by Crippen LogP contribution is -2.44. The SMILES string of the molecule is C[C@@H]1CN(Cc2ccc(Cl)nc2)C[C@H](C)O1. The molecule has 0 spiro atoms. The van der Waals surface area contributed by atoms with Crippen LogP contribution in [0.3, 0.4) is 0 Å². The van der Waals surface area contributed by atoms with Crippen molar-refractivity contribution in [1.29, 1.82) is 0 Å². The Labute approximate surface area is 101 Å². The van der Waals surface area contributed by atoms with Gasteiger partial charge in [-0.05, 0) is 25.5 Å². The maximum Gasteiger partial charge on any atom is 0.129 e. The fraction of sp³-hybridized carbons (Fsp3) is 0.583. The smallest absolute Gasteiger partial charge is 0.129 e. The Morgan fingerprint density at radius 3 is 2.62 bits per heavy atom. The highest BCUT2D eigenvalue weighted by Gasteiger charge is 2.21. The first kappa shape index (κ1) is 11.8. The number of ether oxygens (including phenoxy) is 1. The fourth-order valence-electron chi connectivity index (χ4n) is 2.17. The van der Waals surface area contributed by atoms with Crippen LogP contribution in [0.2, 0.25) is 5.15 Å². The number of rotatable bonds is 2. The molecular formula is C12H17ClN2O. The molecule has 2 atom stereocenters. The summed E-state index contributed by atoms with van der Waals surface area (Å²) >= 11 is 5.76. The van der Waals surface area contributed by atoms with Crippen molar-refractivity contribution in [1.82, 2.24) is 9.88 Å². The molecule has 1 aliphatic heterocycles. The molecule has 1 saturated heterocycles. The average Bonchev–Trinajstić information content (AvgIpc) is 2.20. The highest BCUT2D eigenvalue weighted by molar-refractivity contribution is 6.29. The van der Waals surface area contributed by atoms with Crippen molar-refractivity contribution in [2.24, 2.45) is 0 Å². The number of nitrogens with zero attached hydrogens (tertiary/aromatic N) is 2. The summed E-state index contributed by atoms with van der Waals surface area (Å²) in [6.45, 7) is 7.10. The Balaban J connectivity index is 1.96. The summed E-state index contributed by atoms with van der Waals surface area (Å²) in [5.74, 6) is 0. The monoisotopic (exact) mass is 240 g/mol. The number of hydrogen-bond acceptors (Lipinski definition) is 3. The third-order valence-electron chi connectivity index (χ3n) is 2.69. The van der Waals surface area contributed by atoms with Gasteiger partial charge in [0.25, 0.3) is 0 Å². The van der Waals surface area contributed by atoms with E-state index in [1.54, 1.807) is 0 Å². The van der Waals surface area contributed by atoms with E-state index < -0.39 is 0 Å². The van der Waals surface area contributed by atoms with Crippen molar-refractivity contribution in [3.8, 4) is 0 Å². The van der Waals surface area contributed by atoms with Gasteiger partial charge in [0.2, 0.25) is 0 Å². The van der Waals surface area contributed by atoms with E-state index in [1.807, 2.05) is 18.3 Å². The lowest BCUT2D eigenvalue weighted by molar-refractivity contribution is -0.0705. The second-order valence-corrected chi connectivity index (χ2v) is 4.83. The lowest BCUT2D eigenvalue weighted by atomic mass is 10.2. The van der Waals surface area contributed by atoms with Crippen LogP contribution in [0.25, 0.3) is 0 Å². The van der Waals surface area contributed by atoms with E-state index in [2.05, 4.69) is 23.7 Å². The van der Waals surface area contributed by atoms with Crippen LogP contribution in [0.1, 0.15) is 19.4 Å². The molecule has 0 aromatic carbocycles. The fourth-order valence-corrected chi connectivity index (χ4v) is 2.28. The minimum atomic E-state index is 0.309. The van der Waals surface area contributed by atoms with Gasteiger partial charge in [-0.15, -0.1) is 0 Å². The first-order valence-electron chi connectivity index (χ1n) is 5.61. The van der Waals surface area contributed by atoms with Crippen LogP contribution < -0.4 is 0 Å². The van der Waals surface area contributed by atoms with E-state index in [-0.39, 0.29) is 0 Å². The van der Waals surface area contributed by atoms with E-state index in [0.717, 1.165) is 19.6 Å². The van der Waals surface area contributed by atoms with Crippen molar-refractivity contribution >= 4 is 11.6 Å². The van der Waals surface area contributed by atoms with Gasteiger partial charge in [-0.3, -0.25) is 4.90 Å². The molecule has 88 valence electrons. The molecule has 16 heavy (non-hydrogen) atoms. The van der Waals surface area contributed by atoms with Crippen molar-refractivity contribution in [3.63, 3.8) is 0 Å². The molecule has 0 unspecified atom stereocenters. The Hall–Kier alpha value is -0.640. The van der Waals surface area contributed by atoms with E-state index in [1.165, 1.54) is 5.56 Å². The number of pyridine rings is 1. The number of hydrogen-bond donors (Lipinski definition) is 0.